The van der Waals surface area contributed by atoms with Crippen LogP contribution in [0.1, 0.15) is 39.9 Å². The standard InChI is InChI=1S/C15H16O2/c1-10-14(9-13-7-5-4-6-8-13)17-12(3)15(10)11(2)16/h4-8H,9H2,1-3H3. The van der Waals surface area contributed by atoms with E-state index in [0.29, 0.717) is 0 Å². The molecule has 0 saturated carbocycles. The molecule has 2 nitrogen and oxygen atoms in total. The summed E-state index contributed by atoms with van der Waals surface area (Å²) in [5.41, 5.74) is 2.90. The number of hydrogen-bond acceptors (Lipinski definition) is 2. The number of hydrogen-bond donors (Lipinski definition) is 0. The Bertz CT molecular complexity index is 536. The van der Waals surface area contributed by atoms with Crippen LogP contribution in [0.2, 0.25) is 0 Å². The van der Waals surface area contributed by atoms with Gasteiger partial charge in [0.15, 0.2) is 5.78 Å². The van der Waals surface area contributed by atoms with Crippen molar-refractivity contribution in [3.05, 3.63) is 58.5 Å². The third kappa shape index (κ3) is 2.31. The number of aryl methyl sites for hydroxylation is 1. The zero-order valence-electron chi connectivity index (χ0n) is 10.4. The van der Waals surface area contributed by atoms with Gasteiger partial charge in [0.25, 0.3) is 0 Å². The smallest absolute Gasteiger partial charge is 0.163 e. The molecule has 1 aromatic carbocycles. The number of carbonyl (C=O) groups excluding carboxylic acids is 1. The fraction of sp³-hybridized carbons (Fsp3) is 0.267. The molecule has 0 spiro atoms. The van der Waals surface area contributed by atoms with Crippen molar-refractivity contribution in [2.75, 3.05) is 0 Å². The van der Waals surface area contributed by atoms with Gasteiger partial charge in [-0.1, -0.05) is 30.3 Å². The molecule has 0 aliphatic carbocycles. The van der Waals surface area contributed by atoms with Crippen LogP contribution in [-0.2, 0) is 6.42 Å². The Morgan fingerprint density at radius 3 is 2.35 bits per heavy atom. The molecule has 0 unspecified atom stereocenters. The Morgan fingerprint density at radius 1 is 1.18 bits per heavy atom. The highest BCUT2D eigenvalue weighted by Gasteiger charge is 2.17. The van der Waals surface area contributed by atoms with Gasteiger partial charge in [-0.25, -0.2) is 0 Å². The molecule has 1 heterocycles. The predicted molar refractivity (Wildman–Crippen MR) is 67.4 cm³/mol. The lowest BCUT2D eigenvalue weighted by Gasteiger charge is -1.99. The number of benzene rings is 1. The minimum atomic E-state index is 0.0723. The minimum absolute atomic E-state index is 0.0723. The molecule has 0 atom stereocenters. The van der Waals surface area contributed by atoms with Crippen LogP contribution in [0.15, 0.2) is 34.7 Å². The molecule has 0 fully saturated rings. The van der Waals surface area contributed by atoms with Gasteiger partial charge < -0.3 is 4.42 Å². The highest BCUT2D eigenvalue weighted by Crippen LogP contribution is 2.24. The van der Waals surface area contributed by atoms with E-state index in [4.69, 9.17) is 4.42 Å². The molecule has 0 aliphatic heterocycles. The van der Waals surface area contributed by atoms with Crippen LogP contribution in [-0.4, -0.2) is 5.78 Å². The van der Waals surface area contributed by atoms with Crippen molar-refractivity contribution in [3.8, 4) is 0 Å². The van der Waals surface area contributed by atoms with Gasteiger partial charge in [0.1, 0.15) is 11.5 Å². The van der Waals surface area contributed by atoms with Crippen LogP contribution < -0.4 is 0 Å². The molecule has 0 saturated heterocycles. The molecule has 0 bridgehead atoms. The van der Waals surface area contributed by atoms with E-state index in [9.17, 15) is 4.79 Å². The minimum Gasteiger partial charge on any atom is -0.465 e. The molecular formula is C15H16O2. The fourth-order valence-electron chi connectivity index (χ4n) is 2.18. The molecule has 2 heteroatoms. The number of rotatable bonds is 3. The van der Waals surface area contributed by atoms with Crippen molar-refractivity contribution in [2.24, 2.45) is 0 Å². The molecule has 2 rings (SSSR count). The largest absolute Gasteiger partial charge is 0.465 e. The molecule has 2 aromatic rings. The van der Waals surface area contributed by atoms with E-state index in [1.165, 1.54) is 5.56 Å². The summed E-state index contributed by atoms with van der Waals surface area (Å²) < 4.78 is 5.69. The summed E-state index contributed by atoms with van der Waals surface area (Å²) in [6.45, 7) is 5.38. The SMILES string of the molecule is CC(=O)c1c(C)oc(Cc2ccccc2)c1C. The van der Waals surface area contributed by atoms with Gasteiger partial charge in [-0.05, 0) is 26.3 Å². The van der Waals surface area contributed by atoms with Crippen LogP contribution in [0.5, 0.6) is 0 Å². The molecule has 88 valence electrons. The zero-order chi connectivity index (χ0) is 12.4. The van der Waals surface area contributed by atoms with E-state index >= 15 is 0 Å². The maximum absolute atomic E-state index is 11.5. The normalized spacial score (nSPS) is 10.5. The molecule has 0 radical (unpaired) electrons. The first-order valence-corrected chi connectivity index (χ1v) is 5.73. The number of Topliss-reactive ketones (excluding diaryl/α,β-unsaturated/α-hetero) is 1. The second-order valence-electron chi connectivity index (χ2n) is 4.30. The van der Waals surface area contributed by atoms with Gasteiger partial charge in [-0.15, -0.1) is 0 Å². The lowest BCUT2D eigenvalue weighted by atomic mass is 10.0. The van der Waals surface area contributed by atoms with Crippen molar-refractivity contribution < 1.29 is 9.21 Å². The van der Waals surface area contributed by atoms with Crippen LogP contribution in [0.4, 0.5) is 0 Å². The maximum atomic E-state index is 11.5. The van der Waals surface area contributed by atoms with Gasteiger partial charge in [0.2, 0.25) is 0 Å². The number of furan rings is 1. The van der Waals surface area contributed by atoms with E-state index < -0.39 is 0 Å². The molecule has 0 amide bonds. The van der Waals surface area contributed by atoms with Crippen LogP contribution in [0.25, 0.3) is 0 Å². The fourth-order valence-corrected chi connectivity index (χ4v) is 2.18. The third-order valence-electron chi connectivity index (χ3n) is 2.98. The Hall–Kier alpha value is -1.83. The average molecular weight is 228 g/mol. The topological polar surface area (TPSA) is 30.2 Å². The van der Waals surface area contributed by atoms with E-state index in [-0.39, 0.29) is 5.78 Å². The number of carbonyl (C=O) groups is 1. The Balaban J connectivity index is 2.35. The zero-order valence-corrected chi connectivity index (χ0v) is 10.4. The Kier molecular flexibility index (Phi) is 3.14. The summed E-state index contributed by atoms with van der Waals surface area (Å²) in [4.78, 5) is 11.5. The second-order valence-corrected chi connectivity index (χ2v) is 4.30. The average Bonchev–Trinajstić information content (AvgIpc) is 2.55. The molecule has 0 N–H and O–H groups in total. The first-order valence-electron chi connectivity index (χ1n) is 5.73. The van der Waals surface area contributed by atoms with Crippen molar-refractivity contribution in [2.45, 2.75) is 27.2 Å². The van der Waals surface area contributed by atoms with Crippen molar-refractivity contribution >= 4 is 5.78 Å². The molecule has 1 aromatic heterocycles. The first-order chi connectivity index (χ1) is 8.09. The quantitative estimate of drug-likeness (QED) is 0.750. The van der Waals surface area contributed by atoms with Crippen LogP contribution in [0, 0.1) is 13.8 Å². The second kappa shape index (κ2) is 4.58. The number of ketones is 1. The highest BCUT2D eigenvalue weighted by atomic mass is 16.3. The van der Waals surface area contributed by atoms with Crippen molar-refractivity contribution in [1.82, 2.24) is 0 Å². The summed E-state index contributed by atoms with van der Waals surface area (Å²) in [5, 5.41) is 0. The summed E-state index contributed by atoms with van der Waals surface area (Å²) in [5.74, 6) is 1.68. The first kappa shape index (κ1) is 11.6. The van der Waals surface area contributed by atoms with Crippen LogP contribution >= 0.6 is 0 Å². The monoisotopic (exact) mass is 228 g/mol. The van der Waals surface area contributed by atoms with Gasteiger partial charge in [0, 0.05) is 12.0 Å². The summed E-state index contributed by atoms with van der Waals surface area (Å²) in [6.07, 6.45) is 0.737. The van der Waals surface area contributed by atoms with Gasteiger partial charge >= 0.3 is 0 Å². The Labute approximate surface area is 101 Å². The lowest BCUT2D eigenvalue weighted by molar-refractivity contribution is 0.101. The highest BCUT2D eigenvalue weighted by molar-refractivity contribution is 5.96. The summed E-state index contributed by atoms with van der Waals surface area (Å²) >= 11 is 0. The lowest BCUT2D eigenvalue weighted by Crippen LogP contribution is -1.96. The maximum Gasteiger partial charge on any atom is 0.163 e. The third-order valence-corrected chi connectivity index (χ3v) is 2.98. The predicted octanol–water partition coefficient (Wildman–Crippen LogP) is 3.69. The van der Waals surface area contributed by atoms with E-state index in [1.54, 1.807) is 6.92 Å². The van der Waals surface area contributed by atoms with Gasteiger partial charge in [0.05, 0.1) is 5.56 Å². The molecule has 17 heavy (non-hydrogen) atoms. The Morgan fingerprint density at radius 2 is 1.82 bits per heavy atom. The van der Waals surface area contributed by atoms with Gasteiger partial charge in [-0.3, -0.25) is 4.79 Å². The van der Waals surface area contributed by atoms with Crippen molar-refractivity contribution in [3.63, 3.8) is 0 Å². The van der Waals surface area contributed by atoms with Crippen molar-refractivity contribution in [1.29, 1.82) is 0 Å². The summed E-state index contributed by atoms with van der Waals surface area (Å²) in [6, 6.07) is 10.1. The van der Waals surface area contributed by atoms with E-state index in [1.807, 2.05) is 32.0 Å². The van der Waals surface area contributed by atoms with E-state index in [2.05, 4.69) is 12.1 Å². The van der Waals surface area contributed by atoms with Crippen LogP contribution in [0.3, 0.4) is 0 Å². The van der Waals surface area contributed by atoms with E-state index in [0.717, 1.165) is 29.1 Å². The van der Waals surface area contributed by atoms with Gasteiger partial charge in [-0.2, -0.15) is 0 Å². The summed E-state index contributed by atoms with van der Waals surface area (Å²) in [7, 11) is 0. The molecular weight excluding hydrogens is 212 g/mol. The molecule has 0 aliphatic rings.